The molecule has 3 aromatic rings. The second-order valence-corrected chi connectivity index (χ2v) is 6.49. The van der Waals surface area contributed by atoms with Gasteiger partial charge in [-0.25, -0.2) is 4.39 Å². The molecule has 0 bridgehead atoms. The SMILES string of the molecule is O=C(c1ccc2ncccc2c1)N1CCO[C@H](Cc2cccc(F)c2)C1. The highest BCUT2D eigenvalue weighted by Gasteiger charge is 2.25. The number of rotatable bonds is 3. The van der Waals surface area contributed by atoms with Crippen LogP contribution in [0.3, 0.4) is 0 Å². The summed E-state index contributed by atoms with van der Waals surface area (Å²) in [5.41, 5.74) is 2.40. The maximum Gasteiger partial charge on any atom is 0.254 e. The molecule has 0 unspecified atom stereocenters. The van der Waals surface area contributed by atoms with Gasteiger partial charge in [-0.1, -0.05) is 18.2 Å². The number of hydrogen-bond acceptors (Lipinski definition) is 3. The zero-order chi connectivity index (χ0) is 17.9. The first-order chi connectivity index (χ1) is 12.7. The summed E-state index contributed by atoms with van der Waals surface area (Å²) >= 11 is 0. The molecule has 1 amide bonds. The molecule has 1 fully saturated rings. The molecule has 1 saturated heterocycles. The average molecular weight is 350 g/mol. The van der Waals surface area contributed by atoms with E-state index in [1.54, 1.807) is 12.3 Å². The van der Waals surface area contributed by atoms with E-state index in [0.717, 1.165) is 16.5 Å². The number of halogens is 1. The van der Waals surface area contributed by atoms with Crippen LogP contribution < -0.4 is 0 Å². The van der Waals surface area contributed by atoms with Crippen molar-refractivity contribution in [3.05, 3.63) is 77.7 Å². The molecule has 26 heavy (non-hydrogen) atoms. The summed E-state index contributed by atoms with van der Waals surface area (Å²) in [6, 6.07) is 15.9. The van der Waals surface area contributed by atoms with Crippen LogP contribution in [0.25, 0.3) is 10.9 Å². The summed E-state index contributed by atoms with van der Waals surface area (Å²) in [6.45, 7) is 1.55. The van der Waals surface area contributed by atoms with Gasteiger partial charge in [0.1, 0.15) is 5.82 Å². The third-order valence-electron chi connectivity index (χ3n) is 4.63. The highest BCUT2D eigenvalue weighted by Crippen LogP contribution is 2.18. The van der Waals surface area contributed by atoms with Crippen molar-refractivity contribution in [1.82, 2.24) is 9.88 Å². The smallest absolute Gasteiger partial charge is 0.254 e. The normalized spacial score (nSPS) is 17.4. The molecule has 1 aromatic heterocycles. The topological polar surface area (TPSA) is 42.4 Å². The van der Waals surface area contributed by atoms with Crippen LogP contribution >= 0.6 is 0 Å². The fraction of sp³-hybridized carbons (Fsp3) is 0.238. The van der Waals surface area contributed by atoms with Gasteiger partial charge in [-0.15, -0.1) is 0 Å². The zero-order valence-corrected chi connectivity index (χ0v) is 14.3. The molecule has 0 spiro atoms. The quantitative estimate of drug-likeness (QED) is 0.726. The first-order valence-electron chi connectivity index (χ1n) is 8.69. The molecule has 0 aliphatic carbocycles. The molecular formula is C21H19FN2O2. The lowest BCUT2D eigenvalue weighted by molar-refractivity contribution is -0.0208. The number of pyridine rings is 1. The third kappa shape index (κ3) is 3.58. The second-order valence-electron chi connectivity index (χ2n) is 6.49. The summed E-state index contributed by atoms with van der Waals surface area (Å²) in [6.07, 6.45) is 2.20. The summed E-state index contributed by atoms with van der Waals surface area (Å²) in [4.78, 5) is 19.0. The third-order valence-corrected chi connectivity index (χ3v) is 4.63. The summed E-state index contributed by atoms with van der Waals surface area (Å²) in [5, 5.41) is 0.947. The molecule has 1 aliphatic rings. The van der Waals surface area contributed by atoms with Crippen molar-refractivity contribution < 1.29 is 13.9 Å². The van der Waals surface area contributed by atoms with E-state index in [9.17, 15) is 9.18 Å². The van der Waals surface area contributed by atoms with Crippen molar-refractivity contribution in [2.45, 2.75) is 12.5 Å². The van der Waals surface area contributed by atoms with Gasteiger partial charge in [0.25, 0.3) is 5.91 Å². The van der Waals surface area contributed by atoms with Gasteiger partial charge in [0.2, 0.25) is 0 Å². The fourth-order valence-electron chi connectivity index (χ4n) is 3.35. The monoisotopic (exact) mass is 350 g/mol. The minimum absolute atomic E-state index is 0.0108. The first kappa shape index (κ1) is 16.7. The molecule has 2 aromatic carbocycles. The molecular weight excluding hydrogens is 331 g/mol. The number of aromatic nitrogens is 1. The lowest BCUT2D eigenvalue weighted by Crippen LogP contribution is -2.46. The van der Waals surface area contributed by atoms with Gasteiger partial charge in [-0.2, -0.15) is 0 Å². The van der Waals surface area contributed by atoms with Crippen LogP contribution in [0.2, 0.25) is 0 Å². The first-order valence-corrected chi connectivity index (χ1v) is 8.69. The average Bonchev–Trinajstić information content (AvgIpc) is 2.67. The standard InChI is InChI=1S/C21H19FN2O2/c22-18-5-1-3-15(11-18)12-19-14-24(9-10-26-19)21(25)17-6-7-20-16(13-17)4-2-8-23-20/h1-8,11,13,19H,9-10,12,14H2/t19-/m1/s1. The van der Waals surface area contributed by atoms with Crippen molar-refractivity contribution in [2.75, 3.05) is 19.7 Å². The number of amides is 1. The Labute approximate surface area is 151 Å². The van der Waals surface area contributed by atoms with Crippen LogP contribution in [-0.2, 0) is 11.2 Å². The van der Waals surface area contributed by atoms with Gasteiger partial charge in [0.05, 0.1) is 18.2 Å². The van der Waals surface area contributed by atoms with E-state index in [1.165, 1.54) is 12.1 Å². The Morgan fingerprint density at radius 2 is 2.12 bits per heavy atom. The lowest BCUT2D eigenvalue weighted by Gasteiger charge is -2.33. The van der Waals surface area contributed by atoms with Crippen LogP contribution in [-0.4, -0.2) is 41.6 Å². The number of benzene rings is 2. The largest absolute Gasteiger partial charge is 0.374 e. The molecule has 4 nitrogen and oxygen atoms in total. The van der Waals surface area contributed by atoms with Gasteiger partial charge in [0.15, 0.2) is 0 Å². The maximum atomic E-state index is 13.4. The van der Waals surface area contributed by atoms with Crippen LogP contribution in [0.15, 0.2) is 60.8 Å². The van der Waals surface area contributed by atoms with Crippen LogP contribution in [0.4, 0.5) is 4.39 Å². The van der Waals surface area contributed by atoms with E-state index in [1.807, 2.05) is 41.3 Å². The molecule has 132 valence electrons. The minimum atomic E-state index is -0.254. The Hall–Kier alpha value is -2.79. The van der Waals surface area contributed by atoms with E-state index in [0.29, 0.717) is 31.7 Å². The molecule has 2 heterocycles. The highest BCUT2D eigenvalue weighted by molar-refractivity contribution is 5.98. The Kier molecular flexibility index (Phi) is 4.63. The van der Waals surface area contributed by atoms with Crippen molar-refractivity contribution in [2.24, 2.45) is 0 Å². The second kappa shape index (κ2) is 7.22. The van der Waals surface area contributed by atoms with Crippen LogP contribution in [0.1, 0.15) is 15.9 Å². The Morgan fingerprint density at radius 1 is 1.19 bits per heavy atom. The van der Waals surface area contributed by atoms with E-state index in [-0.39, 0.29) is 17.8 Å². The van der Waals surface area contributed by atoms with E-state index in [2.05, 4.69) is 4.98 Å². The molecule has 0 radical (unpaired) electrons. The van der Waals surface area contributed by atoms with Gasteiger partial charge >= 0.3 is 0 Å². The number of ether oxygens (including phenoxy) is 1. The molecule has 1 aliphatic heterocycles. The summed E-state index contributed by atoms with van der Waals surface area (Å²) in [5.74, 6) is -0.265. The predicted octanol–water partition coefficient (Wildman–Crippen LogP) is 3.46. The van der Waals surface area contributed by atoms with Crippen LogP contribution in [0, 0.1) is 5.82 Å². The predicted molar refractivity (Wildman–Crippen MR) is 97.5 cm³/mol. The Morgan fingerprint density at radius 3 is 3.00 bits per heavy atom. The summed E-state index contributed by atoms with van der Waals surface area (Å²) < 4.78 is 19.1. The zero-order valence-electron chi connectivity index (χ0n) is 14.3. The molecule has 0 saturated carbocycles. The molecule has 5 heteroatoms. The number of carbonyl (C=O) groups is 1. The van der Waals surface area contributed by atoms with Crippen molar-refractivity contribution in [3.8, 4) is 0 Å². The molecule has 1 atom stereocenters. The van der Waals surface area contributed by atoms with Gasteiger partial charge in [-0.3, -0.25) is 9.78 Å². The Balaban J connectivity index is 1.48. The molecule has 4 rings (SSSR count). The van der Waals surface area contributed by atoms with Gasteiger partial charge < -0.3 is 9.64 Å². The Bertz CT molecular complexity index is 944. The van der Waals surface area contributed by atoms with Crippen LogP contribution in [0.5, 0.6) is 0 Å². The number of fused-ring (bicyclic) bond motifs is 1. The van der Waals surface area contributed by atoms with Crippen molar-refractivity contribution in [1.29, 1.82) is 0 Å². The highest BCUT2D eigenvalue weighted by atomic mass is 19.1. The number of hydrogen-bond donors (Lipinski definition) is 0. The van der Waals surface area contributed by atoms with Gasteiger partial charge in [-0.05, 0) is 42.0 Å². The number of nitrogens with zero attached hydrogens (tertiary/aromatic N) is 2. The molecule has 0 N–H and O–H groups in total. The summed E-state index contributed by atoms with van der Waals surface area (Å²) in [7, 11) is 0. The fourth-order valence-corrected chi connectivity index (χ4v) is 3.35. The lowest BCUT2D eigenvalue weighted by atomic mass is 10.1. The maximum absolute atomic E-state index is 13.4. The minimum Gasteiger partial charge on any atom is -0.374 e. The number of morpholine rings is 1. The van der Waals surface area contributed by atoms with E-state index in [4.69, 9.17) is 4.74 Å². The van der Waals surface area contributed by atoms with E-state index >= 15 is 0 Å². The number of carbonyl (C=O) groups excluding carboxylic acids is 1. The van der Waals surface area contributed by atoms with Gasteiger partial charge in [0, 0.05) is 36.7 Å². The van der Waals surface area contributed by atoms with E-state index < -0.39 is 0 Å². The van der Waals surface area contributed by atoms with Crippen molar-refractivity contribution >= 4 is 16.8 Å². The van der Waals surface area contributed by atoms with Crippen molar-refractivity contribution in [3.63, 3.8) is 0 Å².